The van der Waals surface area contributed by atoms with Gasteiger partial charge in [0.2, 0.25) is 0 Å². The SMILES string of the molecule is Cc1ccc2c(c1)c1cc(C)ccc1n2-c1ccc2c(c1)c1cc(-n3c4ccc(-c5ccccc5)cc4c4cc(-c5ccccc5)ccc43)ccc1n2-c1cccc([Si](c2ccccc2)(c2ccccc2)c2ccccc2)c1. The van der Waals surface area contributed by atoms with E-state index in [0.717, 1.165) is 28.1 Å². The molecule has 0 N–H and O–H groups in total. The molecule has 0 amide bonds. The van der Waals surface area contributed by atoms with Gasteiger partial charge in [0.25, 0.3) is 0 Å². The molecule has 15 rings (SSSR count). The van der Waals surface area contributed by atoms with Gasteiger partial charge in [0.15, 0.2) is 8.07 Å². The van der Waals surface area contributed by atoms with Gasteiger partial charge in [-0.15, -0.1) is 0 Å². The standard InChI is InChI=1S/C74H53N3Si/c1-50-31-37-69-63(43-50)64-44-51(2)32-38-70(64)76(69)57-35-41-73-67(48-57)68-49-58(77-71-39-33-54(52-19-8-3-9-20-52)45-65(71)66-46-55(34-40-72(66)77)53-21-10-4-11-22-53)36-42-74(68)75(73)56-23-18-30-62(47-56)78(59-24-12-5-13-25-59,60-26-14-6-15-27-60)61-28-16-7-17-29-61/h3-49H,1-2H3. The fourth-order valence-corrected chi connectivity index (χ4v) is 17.7. The second kappa shape index (κ2) is 18.2. The van der Waals surface area contributed by atoms with E-state index < -0.39 is 8.07 Å². The molecule has 368 valence electrons. The molecule has 0 saturated carbocycles. The Hall–Kier alpha value is -9.74. The van der Waals surface area contributed by atoms with E-state index in [4.69, 9.17) is 0 Å². The van der Waals surface area contributed by atoms with Crippen molar-refractivity contribution in [1.82, 2.24) is 13.7 Å². The Balaban J connectivity index is 1.01. The van der Waals surface area contributed by atoms with Crippen LogP contribution in [0.3, 0.4) is 0 Å². The van der Waals surface area contributed by atoms with Gasteiger partial charge in [-0.3, -0.25) is 0 Å². The molecule has 12 aromatic carbocycles. The molecule has 0 radical (unpaired) electrons. The summed E-state index contributed by atoms with van der Waals surface area (Å²) in [5.74, 6) is 0. The highest BCUT2D eigenvalue weighted by Crippen LogP contribution is 2.41. The molecule has 0 aliphatic rings. The Morgan fingerprint density at radius 2 is 0.526 bits per heavy atom. The van der Waals surface area contributed by atoms with Crippen LogP contribution in [0.15, 0.2) is 285 Å². The molecule has 0 aliphatic heterocycles. The highest BCUT2D eigenvalue weighted by molar-refractivity contribution is 7.19. The lowest BCUT2D eigenvalue weighted by Crippen LogP contribution is -2.74. The second-order valence-electron chi connectivity index (χ2n) is 21.0. The van der Waals surface area contributed by atoms with Crippen molar-refractivity contribution in [3.05, 3.63) is 296 Å². The van der Waals surface area contributed by atoms with Crippen molar-refractivity contribution >= 4 is 94.2 Å². The summed E-state index contributed by atoms with van der Waals surface area (Å²) in [6.45, 7) is 4.39. The smallest absolute Gasteiger partial charge is 0.179 e. The topological polar surface area (TPSA) is 14.8 Å². The zero-order valence-electron chi connectivity index (χ0n) is 43.5. The van der Waals surface area contributed by atoms with E-state index in [0.29, 0.717) is 0 Å². The summed E-state index contributed by atoms with van der Waals surface area (Å²) in [6, 6.07) is 107. The summed E-state index contributed by atoms with van der Waals surface area (Å²) in [7, 11) is -2.85. The van der Waals surface area contributed by atoms with Gasteiger partial charge in [-0.25, -0.2) is 0 Å². The van der Waals surface area contributed by atoms with Gasteiger partial charge in [-0.1, -0.05) is 199 Å². The van der Waals surface area contributed by atoms with E-state index in [1.54, 1.807) is 0 Å². The monoisotopic (exact) mass is 1010 g/mol. The summed E-state index contributed by atoms with van der Waals surface area (Å²) in [5, 5.41) is 12.8. The second-order valence-corrected chi connectivity index (χ2v) is 24.9. The Morgan fingerprint density at radius 1 is 0.218 bits per heavy atom. The number of aromatic nitrogens is 3. The van der Waals surface area contributed by atoms with Crippen molar-refractivity contribution in [3.63, 3.8) is 0 Å². The molecule has 15 aromatic rings. The minimum absolute atomic E-state index is 1.12. The van der Waals surface area contributed by atoms with E-state index in [1.807, 2.05) is 0 Å². The summed E-state index contributed by atoms with van der Waals surface area (Å²) in [5.41, 5.74) is 17.8. The van der Waals surface area contributed by atoms with Crippen LogP contribution in [0, 0.1) is 13.8 Å². The average Bonchev–Trinajstić information content (AvgIpc) is 4.32. The number of nitrogens with zero attached hydrogens (tertiary/aromatic N) is 3. The summed E-state index contributed by atoms with van der Waals surface area (Å²) in [6.07, 6.45) is 0. The van der Waals surface area contributed by atoms with Gasteiger partial charge >= 0.3 is 0 Å². The number of aryl methyl sites for hydroxylation is 2. The third kappa shape index (κ3) is 7.18. The molecular weight excluding hydrogens is 959 g/mol. The number of benzene rings is 12. The zero-order chi connectivity index (χ0) is 51.9. The normalized spacial score (nSPS) is 12.0. The highest BCUT2D eigenvalue weighted by Gasteiger charge is 2.41. The predicted octanol–water partition coefficient (Wildman–Crippen LogP) is 16.3. The van der Waals surface area contributed by atoms with Crippen LogP contribution in [-0.2, 0) is 0 Å². The quantitative estimate of drug-likeness (QED) is 0.101. The van der Waals surface area contributed by atoms with Gasteiger partial charge in [0.05, 0.1) is 33.1 Å². The number of hydrogen-bond acceptors (Lipinski definition) is 0. The average molecular weight is 1010 g/mol. The molecule has 0 saturated heterocycles. The minimum atomic E-state index is -2.85. The van der Waals surface area contributed by atoms with Crippen molar-refractivity contribution in [2.75, 3.05) is 0 Å². The van der Waals surface area contributed by atoms with Crippen LogP contribution in [0.5, 0.6) is 0 Å². The molecule has 0 fully saturated rings. The first-order chi connectivity index (χ1) is 38.5. The third-order valence-corrected chi connectivity index (χ3v) is 21.2. The Morgan fingerprint density at radius 3 is 0.923 bits per heavy atom. The summed E-state index contributed by atoms with van der Waals surface area (Å²) < 4.78 is 7.47. The maximum atomic E-state index is 2.52. The van der Waals surface area contributed by atoms with E-state index in [2.05, 4.69) is 313 Å². The van der Waals surface area contributed by atoms with Crippen molar-refractivity contribution < 1.29 is 0 Å². The molecule has 78 heavy (non-hydrogen) atoms. The minimum Gasteiger partial charge on any atom is -0.309 e. The lowest BCUT2D eigenvalue weighted by Gasteiger charge is -2.34. The Bertz CT molecular complexity index is 4530. The molecule has 0 spiro atoms. The molecule has 3 nitrogen and oxygen atoms in total. The first-order valence-corrected chi connectivity index (χ1v) is 29.1. The summed E-state index contributed by atoms with van der Waals surface area (Å²) >= 11 is 0. The number of hydrogen-bond donors (Lipinski definition) is 0. The molecular formula is C74H53N3Si. The maximum absolute atomic E-state index is 2.85. The lowest BCUT2D eigenvalue weighted by molar-refractivity contribution is 1.16. The fraction of sp³-hybridized carbons (Fsp3) is 0.0270. The predicted molar refractivity (Wildman–Crippen MR) is 333 cm³/mol. The van der Waals surface area contributed by atoms with Gasteiger partial charge in [-0.2, -0.15) is 0 Å². The zero-order valence-corrected chi connectivity index (χ0v) is 44.5. The number of rotatable bonds is 9. The van der Waals surface area contributed by atoms with Crippen LogP contribution >= 0.6 is 0 Å². The molecule has 4 heteroatoms. The largest absolute Gasteiger partial charge is 0.309 e. The molecule has 0 atom stereocenters. The fourth-order valence-electron chi connectivity index (χ4n) is 12.9. The van der Waals surface area contributed by atoms with Crippen LogP contribution in [0.1, 0.15) is 11.1 Å². The van der Waals surface area contributed by atoms with Gasteiger partial charge < -0.3 is 13.7 Å². The van der Waals surface area contributed by atoms with Gasteiger partial charge in [0, 0.05) is 49.4 Å². The molecule has 0 aliphatic carbocycles. The third-order valence-electron chi connectivity index (χ3n) is 16.5. The maximum Gasteiger partial charge on any atom is 0.179 e. The van der Waals surface area contributed by atoms with Crippen LogP contribution in [0.25, 0.3) is 105 Å². The van der Waals surface area contributed by atoms with E-state index >= 15 is 0 Å². The molecule has 3 aromatic heterocycles. The van der Waals surface area contributed by atoms with Gasteiger partial charge in [0.1, 0.15) is 0 Å². The molecule has 3 heterocycles. The van der Waals surface area contributed by atoms with Crippen molar-refractivity contribution in [1.29, 1.82) is 0 Å². The van der Waals surface area contributed by atoms with Crippen LogP contribution < -0.4 is 20.7 Å². The highest BCUT2D eigenvalue weighted by atomic mass is 28.3. The van der Waals surface area contributed by atoms with E-state index in [-0.39, 0.29) is 0 Å². The van der Waals surface area contributed by atoms with Crippen molar-refractivity contribution in [2.45, 2.75) is 13.8 Å². The van der Waals surface area contributed by atoms with Crippen LogP contribution in [0.2, 0.25) is 0 Å². The number of fused-ring (bicyclic) bond motifs is 9. The van der Waals surface area contributed by atoms with Crippen molar-refractivity contribution in [3.8, 4) is 39.3 Å². The van der Waals surface area contributed by atoms with E-state index in [1.165, 1.54) is 109 Å². The van der Waals surface area contributed by atoms with E-state index in [9.17, 15) is 0 Å². The molecule has 0 unspecified atom stereocenters. The Kier molecular flexibility index (Phi) is 10.7. The van der Waals surface area contributed by atoms with Crippen LogP contribution in [-0.4, -0.2) is 21.8 Å². The van der Waals surface area contributed by atoms with Crippen molar-refractivity contribution in [2.24, 2.45) is 0 Å². The lowest BCUT2D eigenvalue weighted by atomic mass is 10.0. The summed E-state index contributed by atoms with van der Waals surface area (Å²) in [4.78, 5) is 0. The first kappa shape index (κ1) is 45.6. The first-order valence-electron chi connectivity index (χ1n) is 27.1. The Labute approximate surface area is 454 Å². The van der Waals surface area contributed by atoms with Crippen LogP contribution in [0.4, 0.5) is 0 Å². The molecule has 0 bridgehead atoms. The van der Waals surface area contributed by atoms with Gasteiger partial charge in [-0.05, 0) is 154 Å².